The lowest BCUT2D eigenvalue weighted by atomic mass is 10.1. The Bertz CT molecular complexity index is 1570. The number of carbonyl (C=O) groups is 1. The van der Waals surface area contributed by atoms with Crippen molar-refractivity contribution in [2.75, 3.05) is 24.1 Å². The fourth-order valence-corrected chi connectivity index (χ4v) is 6.81. The summed E-state index contributed by atoms with van der Waals surface area (Å²) < 4.78 is 57.9. The maximum atomic E-state index is 14.1. The molecule has 1 saturated heterocycles. The molecule has 0 atom stereocenters. The van der Waals surface area contributed by atoms with Gasteiger partial charge in [0.15, 0.2) is 10.8 Å². The van der Waals surface area contributed by atoms with E-state index in [0.717, 1.165) is 34.7 Å². The van der Waals surface area contributed by atoms with Crippen LogP contribution in [0.5, 0.6) is 0 Å². The largest absolute Gasteiger partial charge is 0.382 e. The zero-order valence-electron chi connectivity index (χ0n) is 20.3. The van der Waals surface area contributed by atoms with E-state index in [-0.39, 0.29) is 21.6 Å². The van der Waals surface area contributed by atoms with E-state index in [4.69, 9.17) is 5.73 Å². The maximum absolute atomic E-state index is 14.1. The second-order valence-corrected chi connectivity index (χ2v) is 11.9. The molecule has 0 bridgehead atoms. The summed E-state index contributed by atoms with van der Waals surface area (Å²) >= 11 is 0.912. The van der Waals surface area contributed by atoms with E-state index in [1.165, 1.54) is 10.4 Å². The number of aromatic nitrogens is 3. The van der Waals surface area contributed by atoms with Gasteiger partial charge in [0.25, 0.3) is 0 Å². The number of halogens is 2. The van der Waals surface area contributed by atoms with E-state index in [1.54, 1.807) is 30.6 Å². The van der Waals surface area contributed by atoms with Gasteiger partial charge in [-0.05, 0) is 49.2 Å². The third-order valence-electron chi connectivity index (χ3n) is 6.49. The lowest BCUT2D eigenvalue weighted by Crippen LogP contribution is -2.42. The molecule has 1 fully saturated rings. The van der Waals surface area contributed by atoms with E-state index >= 15 is 0 Å². The van der Waals surface area contributed by atoms with Crippen LogP contribution in [0.3, 0.4) is 0 Å². The quantitative estimate of drug-likeness (QED) is 0.236. The number of benzene rings is 2. The molecular weight excluding hydrogens is 534 g/mol. The number of nitrogens with two attached hydrogens (primary N) is 1. The molecule has 4 aromatic rings. The molecule has 9 nitrogen and oxygen atoms in total. The van der Waals surface area contributed by atoms with Crippen molar-refractivity contribution in [2.24, 2.45) is 7.05 Å². The number of nitrogens with one attached hydrogen (secondary N) is 2. The predicted octanol–water partition coefficient (Wildman–Crippen LogP) is 3.32. The summed E-state index contributed by atoms with van der Waals surface area (Å²) in [4.78, 5) is 20.0. The first-order valence-corrected chi connectivity index (χ1v) is 14.1. The van der Waals surface area contributed by atoms with E-state index < -0.39 is 33.0 Å². The topological polar surface area (TPSA) is 125 Å². The highest BCUT2D eigenvalue weighted by molar-refractivity contribution is 7.89. The van der Waals surface area contributed by atoms with E-state index in [1.807, 2.05) is 17.8 Å². The second kappa shape index (κ2) is 10.2. The van der Waals surface area contributed by atoms with Gasteiger partial charge in [-0.2, -0.15) is 4.31 Å². The van der Waals surface area contributed by atoms with Crippen LogP contribution in [0, 0.1) is 11.6 Å². The first-order chi connectivity index (χ1) is 18.1. The Labute approximate surface area is 222 Å². The molecule has 2 aromatic carbocycles. The first kappa shape index (κ1) is 25.9. The monoisotopic (exact) mass is 559 g/mol. The van der Waals surface area contributed by atoms with Crippen LogP contribution in [-0.2, 0) is 17.1 Å². The molecule has 0 spiro atoms. The molecule has 0 saturated carbocycles. The van der Waals surface area contributed by atoms with Crippen molar-refractivity contribution in [3.63, 3.8) is 0 Å². The van der Waals surface area contributed by atoms with Gasteiger partial charge >= 0.3 is 0 Å². The number of aromatic amines is 1. The van der Waals surface area contributed by atoms with Crippen LogP contribution in [0.4, 0.5) is 19.7 Å². The number of ketones is 1. The highest BCUT2D eigenvalue weighted by atomic mass is 32.2. The van der Waals surface area contributed by atoms with Crippen LogP contribution >= 0.6 is 11.3 Å². The average Bonchev–Trinajstić information content (AvgIpc) is 3.49. The fraction of sp³-hybridized carbons (Fsp3) is 0.240. The number of sulfonamides is 1. The number of imidazole rings is 1. The third-order valence-corrected chi connectivity index (χ3v) is 9.40. The predicted molar refractivity (Wildman–Crippen MR) is 139 cm³/mol. The lowest BCUT2D eigenvalue weighted by Gasteiger charge is -2.31. The minimum Gasteiger partial charge on any atom is -0.382 e. The second-order valence-electron chi connectivity index (χ2n) is 8.94. The molecule has 5 rings (SSSR count). The molecule has 38 heavy (non-hydrogen) atoms. The number of nitrogens with zero attached hydrogens (tertiary/aromatic N) is 3. The SMILES string of the molecule is C[n+]1c[nH]cc1-c1ccc(S(=O)(=O)N2CCC(Nc3nc(N)c(C(=O)c4c(F)cccc4F)s3)CC2)cc1. The normalized spacial score (nSPS) is 15.0. The highest BCUT2D eigenvalue weighted by Crippen LogP contribution is 2.31. The van der Waals surface area contributed by atoms with Gasteiger partial charge in [0.05, 0.1) is 17.5 Å². The molecular formula is C25H25F2N6O3S2+. The van der Waals surface area contributed by atoms with Crippen molar-refractivity contribution in [1.29, 1.82) is 0 Å². The summed E-state index contributed by atoms with van der Waals surface area (Å²) in [6, 6.07) is 9.85. The molecule has 198 valence electrons. The minimum absolute atomic E-state index is 0.0619. The van der Waals surface area contributed by atoms with Gasteiger partial charge in [0.2, 0.25) is 22.1 Å². The van der Waals surface area contributed by atoms with Gasteiger partial charge in [-0.15, -0.1) is 0 Å². The summed E-state index contributed by atoms with van der Waals surface area (Å²) in [5, 5.41) is 3.51. The minimum atomic E-state index is -3.66. The Morgan fingerprint density at radius 2 is 1.82 bits per heavy atom. The zero-order valence-corrected chi connectivity index (χ0v) is 22.0. The van der Waals surface area contributed by atoms with Crippen LogP contribution in [-0.4, -0.2) is 47.6 Å². The molecule has 0 amide bonds. The van der Waals surface area contributed by atoms with E-state index in [9.17, 15) is 22.0 Å². The van der Waals surface area contributed by atoms with Crippen LogP contribution in [0.15, 0.2) is 59.9 Å². The Hall–Kier alpha value is -3.68. The molecule has 2 aromatic heterocycles. The smallest absolute Gasteiger partial charge is 0.243 e. The molecule has 0 unspecified atom stereocenters. The number of aryl methyl sites for hydroxylation is 1. The van der Waals surface area contributed by atoms with Crippen molar-refractivity contribution < 1.29 is 26.6 Å². The van der Waals surface area contributed by atoms with E-state index in [2.05, 4.69) is 15.3 Å². The van der Waals surface area contributed by atoms with Crippen LogP contribution in [0.25, 0.3) is 11.3 Å². The lowest BCUT2D eigenvalue weighted by molar-refractivity contribution is -0.659. The molecule has 1 aliphatic heterocycles. The molecule has 0 radical (unpaired) electrons. The van der Waals surface area contributed by atoms with Gasteiger partial charge in [-0.1, -0.05) is 17.4 Å². The van der Waals surface area contributed by atoms with Gasteiger partial charge in [0.1, 0.15) is 28.5 Å². The van der Waals surface area contributed by atoms with Crippen molar-refractivity contribution in [3.8, 4) is 11.3 Å². The number of hydrogen-bond donors (Lipinski definition) is 3. The number of hydrogen-bond acceptors (Lipinski definition) is 7. The Balaban J connectivity index is 1.23. The molecule has 3 heterocycles. The number of nitrogen functional groups attached to an aromatic ring is 1. The van der Waals surface area contributed by atoms with Gasteiger partial charge in [0, 0.05) is 24.7 Å². The summed E-state index contributed by atoms with van der Waals surface area (Å²) in [5.74, 6) is -2.94. The average molecular weight is 560 g/mol. The number of piperidine rings is 1. The number of thiazole rings is 1. The molecule has 1 aliphatic rings. The van der Waals surface area contributed by atoms with Crippen molar-refractivity contribution in [3.05, 3.63) is 77.1 Å². The zero-order chi connectivity index (χ0) is 27.0. The molecule has 0 aliphatic carbocycles. The van der Waals surface area contributed by atoms with Crippen molar-refractivity contribution in [2.45, 2.75) is 23.8 Å². The number of carbonyl (C=O) groups excluding carboxylic acids is 1. The van der Waals surface area contributed by atoms with E-state index in [0.29, 0.717) is 31.1 Å². The standard InChI is InChI=1S/C25H24F2N6O3S2/c1-32-14-29-13-20(32)15-5-7-17(8-6-15)38(35,36)33-11-9-16(10-12-33)30-25-31-24(28)23(37-25)22(34)21-18(26)3-2-4-19(21)27/h2-8,13-14,16H,9-12H2,1H3,(H3,28,30,31,34)/p+1. The van der Waals surface area contributed by atoms with Crippen LogP contribution < -0.4 is 15.6 Å². The third kappa shape index (κ3) is 4.91. The number of H-pyrrole nitrogens is 1. The molecule has 13 heteroatoms. The molecule has 4 N–H and O–H groups in total. The maximum Gasteiger partial charge on any atom is 0.243 e. The number of rotatable bonds is 7. The Kier molecular flexibility index (Phi) is 6.99. The van der Waals surface area contributed by atoms with Crippen molar-refractivity contribution in [1.82, 2.24) is 14.3 Å². The van der Waals surface area contributed by atoms with Gasteiger partial charge in [-0.3, -0.25) is 4.79 Å². The summed E-state index contributed by atoms with van der Waals surface area (Å²) in [5.41, 5.74) is 7.04. The first-order valence-electron chi connectivity index (χ1n) is 11.8. The van der Waals surface area contributed by atoms with Gasteiger partial charge < -0.3 is 11.1 Å². The summed E-state index contributed by atoms with van der Waals surface area (Å²) in [6.45, 7) is 0.587. The summed E-state index contributed by atoms with van der Waals surface area (Å²) in [7, 11) is -1.77. The van der Waals surface area contributed by atoms with Crippen LogP contribution in [0.2, 0.25) is 0 Å². The van der Waals surface area contributed by atoms with Crippen LogP contribution in [0.1, 0.15) is 28.1 Å². The number of anilines is 2. The Morgan fingerprint density at radius 1 is 1.16 bits per heavy atom. The highest BCUT2D eigenvalue weighted by Gasteiger charge is 2.31. The Morgan fingerprint density at radius 3 is 2.42 bits per heavy atom. The van der Waals surface area contributed by atoms with Crippen molar-refractivity contribution >= 4 is 38.1 Å². The fourth-order valence-electron chi connectivity index (χ4n) is 4.43. The summed E-state index contributed by atoms with van der Waals surface area (Å²) in [6.07, 6.45) is 4.65. The van der Waals surface area contributed by atoms with Gasteiger partial charge in [-0.25, -0.2) is 31.7 Å².